The predicted octanol–water partition coefficient (Wildman–Crippen LogP) is 3.01. The monoisotopic (exact) mass is 199 g/mol. The molecule has 0 heterocycles. The third-order valence-corrected chi connectivity index (χ3v) is 1.54. The zero-order valence-corrected chi connectivity index (χ0v) is 7.26. The number of halogens is 1. The summed E-state index contributed by atoms with van der Waals surface area (Å²) in [4.78, 5) is 0. The van der Waals surface area contributed by atoms with Crippen LogP contribution in [0.25, 0.3) is 0 Å². The molecule has 0 fully saturated rings. The van der Waals surface area contributed by atoms with E-state index in [4.69, 9.17) is 4.74 Å². The van der Waals surface area contributed by atoms with Gasteiger partial charge >= 0.3 is 0 Å². The van der Waals surface area contributed by atoms with E-state index < -0.39 is 0 Å². The SMILES string of the molecule is C[CH]Oc1cccc(Br)c1. The second-order valence-electron chi connectivity index (χ2n) is 1.81. The molecule has 53 valence electrons. The molecule has 0 aliphatic heterocycles. The third-order valence-electron chi connectivity index (χ3n) is 1.05. The first-order chi connectivity index (χ1) is 4.83. The summed E-state index contributed by atoms with van der Waals surface area (Å²) in [7, 11) is 0. The van der Waals surface area contributed by atoms with E-state index in [1.807, 2.05) is 31.2 Å². The van der Waals surface area contributed by atoms with Gasteiger partial charge in [0.15, 0.2) is 0 Å². The molecule has 0 atom stereocenters. The molecule has 1 aromatic rings. The van der Waals surface area contributed by atoms with Gasteiger partial charge in [0.25, 0.3) is 0 Å². The summed E-state index contributed by atoms with van der Waals surface area (Å²) in [6, 6.07) is 7.72. The Balaban J connectivity index is 2.75. The van der Waals surface area contributed by atoms with Crippen molar-refractivity contribution >= 4 is 15.9 Å². The van der Waals surface area contributed by atoms with Crippen molar-refractivity contribution in [1.82, 2.24) is 0 Å². The maximum absolute atomic E-state index is 5.13. The van der Waals surface area contributed by atoms with Gasteiger partial charge in [-0.25, -0.2) is 0 Å². The van der Waals surface area contributed by atoms with Crippen LogP contribution in [0.1, 0.15) is 6.92 Å². The van der Waals surface area contributed by atoms with E-state index in [0.29, 0.717) is 0 Å². The fourth-order valence-electron chi connectivity index (χ4n) is 0.676. The molecule has 1 rings (SSSR count). The van der Waals surface area contributed by atoms with Crippen molar-refractivity contribution in [2.45, 2.75) is 6.92 Å². The second-order valence-corrected chi connectivity index (χ2v) is 2.73. The lowest BCUT2D eigenvalue weighted by Crippen LogP contribution is -1.83. The summed E-state index contributed by atoms with van der Waals surface area (Å²) in [5, 5.41) is 0. The summed E-state index contributed by atoms with van der Waals surface area (Å²) in [6.07, 6.45) is 0. The van der Waals surface area contributed by atoms with Crippen molar-refractivity contribution < 1.29 is 4.74 Å². The summed E-state index contributed by atoms with van der Waals surface area (Å²) in [5.74, 6) is 0.858. The Morgan fingerprint density at radius 2 is 2.30 bits per heavy atom. The summed E-state index contributed by atoms with van der Waals surface area (Å²) in [5.41, 5.74) is 0. The van der Waals surface area contributed by atoms with Crippen molar-refractivity contribution in [3.05, 3.63) is 35.3 Å². The molecule has 0 aliphatic carbocycles. The lowest BCUT2D eigenvalue weighted by atomic mass is 10.3. The highest BCUT2D eigenvalue weighted by molar-refractivity contribution is 9.10. The van der Waals surface area contributed by atoms with E-state index >= 15 is 0 Å². The normalized spacial score (nSPS) is 9.40. The minimum absolute atomic E-state index is 0.858. The molecule has 0 bridgehead atoms. The predicted molar refractivity (Wildman–Crippen MR) is 44.7 cm³/mol. The van der Waals surface area contributed by atoms with Gasteiger partial charge in [-0.2, -0.15) is 0 Å². The highest BCUT2D eigenvalue weighted by Crippen LogP contribution is 2.17. The van der Waals surface area contributed by atoms with E-state index in [-0.39, 0.29) is 0 Å². The lowest BCUT2D eigenvalue weighted by molar-refractivity contribution is 0.416. The van der Waals surface area contributed by atoms with Gasteiger partial charge in [0, 0.05) is 4.47 Å². The Hall–Kier alpha value is -0.500. The zero-order chi connectivity index (χ0) is 7.40. The summed E-state index contributed by atoms with van der Waals surface area (Å²) >= 11 is 3.34. The minimum atomic E-state index is 0.858. The maximum atomic E-state index is 5.13. The quantitative estimate of drug-likeness (QED) is 0.712. The van der Waals surface area contributed by atoms with Crippen LogP contribution in [0.15, 0.2) is 28.7 Å². The Morgan fingerprint density at radius 3 is 2.90 bits per heavy atom. The molecule has 0 spiro atoms. The van der Waals surface area contributed by atoms with Gasteiger partial charge in [-0.3, -0.25) is 0 Å². The highest BCUT2D eigenvalue weighted by atomic mass is 79.9. The number of ether oxygens (including phenoxy) is 1. The van der Waals surface area contributed by atoms with Crippen LogP contribution in [0, 0.1) is 6.61 Å². The van der Waals surface area contributed by atoms with Crippen molar-refractivity contribution in [1.29, 1.82) is 0 Å². The number of hydrogen-bond donors (Lipinski definition) is 0. The average Bonchev–Trinajstić information content (AvgIpc) is 1.88. The van der Waals surface area contributed by atoms with Crippen LogP contribution >= 0.6 is 15.9 Å². The van der Waals surface area contributed by atoms with Gasteiger partial charge in [0.1, 0.15) is 12.4 Å². The van der Waals surface area contributed by atoms with E-state index in [1.165, 1.54) is 0 Å². The smallest absolute Gasteiger partial charge is 0.132 e. The average molecular weight is 200 g/mol. The summed E-state index contributed by atoms with van der Waals surface area (Å²) in [6.45, 7) is 3.50. The van der Waals surface area contributed by atoms with Crippen molar-refractivity contribution in [2.24, 2.45) is 0 Å². The van der Waals surface area contributed by atoms with Gasteiger partial charge in [-0.05, 0) is 25.1 Å². The van der Waals surface area contributed by atoms with Gasteiger partial charge in [-0.15, -0.1) is 0 Å². The largest absolute Gasteiger partial charge is 0.487 e. The number of hydrogen-bond acceptors (Lipinski definition) is 1. The first kappa shape index (κ1) is 7.61. The van der Waals surface area contributed by atoms with E-state index in [2.05, 4.69) is 15.9 Å². The van der Waals surface area contributed by atoms with Crippen LogP contribution in [0.5, 0.6) is 5.75 Å². The van der Waals surface area contributed by atoms with Gasteiger partial charge in [0.2, 0.25) is 0 Å². The Morgan fingerprint density at radius 1 is 1.50 bits per heavy atom. The third kappa shape index (κ3) is 2.03. The minimum Gasteiger partial charge on any atom is -0.487 e. The molecule has 0 saturated carbocycles. The number of benzene rings is 1. The first-order valence-electron chi connectivity index (χ1n) is 3.03. The molecule has 0 amide bonds. The van der Waals surface area contributed by atoms with Crippen molar-refractivity contribution in [2.75, 3.05) is 0 Å². The lowest BCUT2D eigenvalue weighted by Gasteiger charge is -2.00. The van der Waals surface area contributed by atoms with Crippen molar-refractivity contribution in [3.63, 3.8) is 0 Å². The molecule has 0 aliphatic rings. The molecule has 10 heavy (non-hydrogen) atoms. The van der Waals surface area contributed by atoms with Gasteiger partial charge < -0.3 is 4.74 Å². The molecule has 0 unspecified atom stereocenters. The molecular weight excluding hydrogens is 192 g/mol. The fourth-order valence-corrected chi connectivity index (χ4v) is 1.05. The Kier molecular flexibility index (Phi) is 2.75. The van der Waals surface area contributed by atoms with Gasteiger partial charge in [0.05, 0.1) is 0 Å². The zero-order valence-electron chi connectivity index (χ0n) is 5.67. The molecule has 1 radical (unpaired) electrons. The van der Waals surface area contributed by atoms with Crippen molar-refractivity contribution in [3.8, 4) is 5.75 Å². The number of rotatable bonds is 2. The molecule has 0 N–H and O–H groups in total. The molecule has 2 heteroatoms. The molecule has 1 nitrogen and oxygen atoms in total. The van der Waals surface area contributed by atoms with E-state index in [1.54, 1.807) is 6.61 Å². The maximum Gasteiger partial charge on any atom is 0.132 e. The molecule has 0 saturated heterocycles. The van der Waals surface area contributed by atoms with Crippen LogP contribution in [0.2, 0.25) is 0 Å². The molecule has 1 aromatic carbocycles. The standard InChI is InChI=1S/C8H8BrO/c1-2-10-8-5-3-4-7(9)6-8/h2-6H,1H3. The molecule has 0 aromatic heterocycles. The Labute approximate surface area is 69.1 Å². The Bertz CT molecular complexity index is 210. The molecular formula is C8H8BrO. The van der Waals surface area contributed by atoms with Crippen LogP contribution in [0.3, 0.4) is 0 Å². The van der Waals surface area contributed by atoms with Crippen LogP contribution in [-0.2, 0) is 0 Å². The van der Waals surface area contributed by atoms with E-state index in [0.717, 1.165) is 10.2 Å². The summed E-state index contributed by atoms with van der Waals surface area (Å²) < 4.78 is 6.17. The van der Waals surface area contributed by atoms with Crippen LogP contribution in [-0.4, -0.2) is 0 Å². The fraction of sp³-hybridized carbons (Fsp3) is 0.125. The topological polar surface area (TPSA) is 9.23 Å². The second kappa shape index (κ2) is 3.62. The van der Waals surface area contributed by atoms with Crippen LogP contribution in [0.4, 0.5) is 0 Å². The first-order valence-corrected chi connectivity index (χ1v) is 3.82. The highest BCUT2D eigenvalue weighted by Gasteiger charge is 1.90. The van der Waals surface area contributed by atoms with Gasteiger partial charge in [-0.1, -0.05) is 22.0 Å². The van der Waals surface area contributed by atoms with Crippen LogP contribution < -0.4 is 4.74 Å². The van der Waals surface area contributed by atoms with E-state index in [9.17, 15) is 0 Å².